The fraction of sp³-hybridized carbons (Fsp3) is 0.667. The molecule has 0 aliphatic carbocycles. The number of carbonyl (C=O) groups is 4. The second-order valence-electron chi connectivity index (χ2n) is 6.36. The number of hydrogen-bond donors (Lipinski definition) is 7. The van der Waals surface area contributed by atoms with Gasteiger partial charge in [-0.1, -0.05) is 13.8 Å². The van der Waals surface area contributed by atoms with Crippen LogP contribution in [0.1, 0.15) is 33.1 Å². The highest BCUT2D eigenvalue weighted by Gasteiger charge is 2.29. The van der Waals surface area contributed by atoms with Crippen LogP contribution in [0.15, 0.2) is 4.99 Å². The van der Waals surface area contributed by atoms with Crippen LogP contribution in [0.4, 0.5) is 0 Å². The number of primary amides is 1. The molecule has 0 saturated heterocycles. The second kappa shape index (κ2) is 11.7. The summed E-state index contributed by atoms with van der Waals surface area (Å²) in [6, 6.07) is -3.43. The zero-order valence-corrected chi connectivity index (χ0v) is 15.5. The number of nitrogens with one attached hydrogen (secondary N) is 2. The first-order valence-electron chi connectivity index (χ1n) is 8.38. The van der Waals surface area contributed by atoms with Crippen LogP contribution in [0.3, 0.4) is 0 Å². The third kappa shape index (κ3) is 9.99. The van der Waals surface area contributed by atoms with E-state index in [2.05, 4.69) is 15.6 Å². The average Bonchev–Trinajstić information content (AvgIpc) is 2.53. The molecule has 0 aliphatic heterocycles. The van der Waals surface area contributed by atoms with E-state index < -0.39 is 48.2 Å². The molecule has 154 valence electrons. The maximum atomic E-state index is 12.5. The van der Waals surface area contributed by atoms with Crippen molar-refractivity contribution in [2.24, 2.45) is 33.8 Å². The van der Waals surface area contributed by atoms with Crippen molar-refractivity contribution in [2.75, 3.05) is 6.54 Å². The molecule has 0 aromatic carbocycles. The van der Waals surface area contributed by atoms with E-state index >= 15 is 0 Å². The molecule has 0 saturated carbocycles. The molecule has 0 aliphatic rings. The third-order valence-electron chi connectivity index (χ3n) is 3.57. The Bertz CT molecular complexity index is 575. The predicted octanol–water partition coefficient (Wildman–Crippen LogP) is -3.05. The number of nitrogens with zero attached hydrogens (tertiary/aromatic N) is 1. The molecule has 3 amide bonds. The minimum atomic E-state index is -1.23. The number of aliphatic imine (C=N–C) groups is 1. The Morgan fingerprint density at radius 2 is 1.63 bits per heavy atom. The molecule has 0 aromatic heterocycles. The number of amides is 3. The van der Waals surface area contributed by atoms with Crippen LogP contribution in [-0.2, 0) is 19.2 Å². The van der Waals surface area contributed by atoms with Crippen molar-refractivity contribution in [3.05, 3.63) is 0 Å². The summed E-state index contributed by atoms with van der Waals surface area (Å²) in [6.07, 6.45) is 0.0702. The van der Waals surface area contributed by atoms with Crippen molar-refractivity contribution in [1.82, 2.24) is 10.6 Å². The highest BCUT2D eigenvalue weighted by Crippen LogP contribution is 2.05. The number of aliphatic carboxylic acids is 1. The van der Waals surface area contributed by atoms with Crippen LogP contribution in [0.5, 0.6) is 0 Å². The molecule has 27 heavy (non-hydrogen) atoms. The number of rotatable bonds is 12. The second-order valence-corrected chi connectivity index (χ2v) is 6.36. The molecule has 0 bridgehead atoms. The first-order chi connectivity index (χ1) is 12.5. The Morgan fingerprint density at radius 1 is 1.04 bits per heavy atom. The van der Waals surface area contributed by atoms with Crippen molar-refractivity contribution in [1.29, 1.82) is 0 Å². The highest BCUT2D eigenvalue weighted by molar-refractivity contribution is 5.93. The lowest BCUT2D eigenvalue weighted by Gasteiger charge is -2.24. The topological polar surface area (TPSA) is 229 Å². The quantitative estimate of drug-likeness (QED) is 0.103. The van der Waals surface area contributed by atoms with Gasteiger partial charge >= 0.3 is 5.97 Å². The fourth-order valence-electron chi connectivity index (χ4n) is 2.13. The van der Waals surface area contributed by atoms with Crippen LogP contribution in [0.2, 0.25) is 0 Å². The Morgan fingerprint density at radius 3 is 2.07 bits per heavy atom. The van der Waals surface area contributed by atoms with Gasteiger partial charge in [0.1, 0.15) is 12.1 Å². The van der Waals surface area contributed by atoms with Gasteiger partial charge in [0.15, 0.2) is 5.96 Å². The number of guanidine groups is 1. The lowest BCUT2D eigenvalue weighted by Crippen LogP contribution is -2.55. The first kappa shape index (κ1) is 24.1. The predicted molar refractivity (Wildman–Crippen MR) is 98.0 cm³/mol. The van der Waals surface area contributed by atoms with E-state index in [1.54, 1.807) is 13.8 Å². The maximum Gasteiger partial charge on any atom is 0.326 e. The summed E-state index contributed by atoms with van der Waals surface area (Å²) in [6.45, 7) is 3.48. The summed E-state index contributed by atoms with van der Waals surface area (Å²) in [4.78, 5) is 50.5. The molecular weight excluding hydrogens is 358 g/mol. The molecule has 11 N–H and O–H groups in total. The van der Waals surface area contributed by atoms with Crippen molar-refractivity contribution >= 4 is 29.7 Å². The van der Waals surface area contributed by atoms with Gasteiger partial charge in [-0.15, -0.1) is 0 Å². The number of carbonyl (C=O) groups excluding carboxylic acids is 3. The monoisotopic (exact) mass is 387 g/mol. The SMILES string of the molecule is CC(C)C(NC(=O)C(CCCN=C(N)N)NC(=O)C(N)CC(N)=O)C(=O)O. The number of carboxylic acids is 1. The number of hydrogen-bond acceptors (Lipinski definition) is 6. The van der Waals surface area contributed by atoms with E-state index in [0.29, 0.717) is 6.42 Å². The number of nitrogens with two attached hydrogens (primary N) is 4. The Balaban J connectivity index is 5.12. The molecule has 12 heteroatoms. The zero-order valence-electron chi connectivity index (χ0n) is 15.5. The van der Waals surface area contributed by atoms with Crippen LogP contribution >= 0.6 is 0 Å². The van der Waals surface area contributed by atoms with E-state index in [-0.39, 0.29) is 24.8 Å². The minimum absolute atomic E-state index is 0.116. The molecule has 0 aromatic rings. The van der Waals surface area contributed by atoms with E-state index in [0.717, 1.165) is 0 Å². The average molecular weight is 387 g/mol. The summed E-state index contributed by atoms with van der Waals surface area (Å²) in [5.41, 5.74) is 21.0. The molecule has 0 spiro atoms. The van der Waals surface area contributed by atoms with Crippen molar-refractivity contribution in [3.63, 3.8) is 0 Å². The van der Waals surface area contributed by atoms with E-state index in [1.165, 1.54) is 0 Å². The highest BCUT2D eigenvalue weighted by atomic mass is 16.4. The van der Waals surface area contributed by atoms with Gasteiger partial charge in [-0.2, -0.15) is 0 Å². The Kier molecular flexibility index (Phi) is 10.4. The van der Waals surface area contributed by atoms with Gasteiger partial charge in [0, 0.05) is 6.54 Å². The smallest absolute Gasteiger partial charge is 0.326 e. The summed E-state index contributed by atoms with van der Waals surface area (Å²) in [5.74, 6) is -3.91. The van der Waals surface area contributed by atoms with Crippen LogP contribution in [0, 0.1) is 5.92 Å². The molecule has 0 heterocycles. The minimum Gasteiger partial charge on any atom is -0.480 e. The molecule has 12 nitrogen and oxygen atoms in total. The normalized spacial score (nSPS) is 13.9. The van der Waals surface area contributed by atoms with Gasteiger partial charge in [0.25, 0.3) is 0 Å². The molecule has 0 fully saturated rings. The Labute approximate surface area is 157 Å². The zero-order chi connectivity index (χ0) is 21.1. The number of carboxylic acid groups (broad SMARTS) is 1. The van der Waals surface area contributed by atoms with Gasteiger partial charge in [-0.3, -0.25) is 19.4 Å². The van der Waals surface area contributed by atoms with Crippen molar-refractivity contribution in [2.45, 2.75) is 51.2 Å². The third-order valence-corrected chi connectivity index (χ3v) is 3.57. The van der Waals surface area contributed by atoms with Gasteiger partial charge in [0.05, 0.1) is 12.5 Å². The molecule has 0 rings (SSSR count). The van der Waals surface area contributed by atoms with Gasteiger partial charge in [0.2, 0.25) is 17.7 Å². The molecule has 3 atom stereocenters. The molecule has 0 radical (unpaired) electrons. The lowest BCUT2D eigenvalue weighted by atomic mass is 10.0. The van der Waals surface area contributed by atoms with Crippen LogP contribution in [-0.4, -0.2) is 59.4 Å². The largest absolute Gasteiger partial charge is 0.480 e. The van der Waals surface area contributed by atoms with Crippen LogP contribution < -0.4 is 33.6 Å². The fourth-order valence-corrected chi connectivity index (χ4v) is 2.13. The van der Waals surface area contributed by atoms with Gasteiger partial charge < -0.3 is 38.7 Å². The van der Waals surface area contributed by atoms with Gasteiger partial charge in [-0.05, 0) is 18.8 Å². The lowest BCUT2D eigenvalue weighted by molar-refractivity contribution is -0.143. The van der Waals surface area contributed by atoms with E-state index in [4.69, 9.17) is 22.9 Å². The standard InChI is InChI=1S/C15H29N7O5/c1-7(2)11(14(26)27)22-13(25)9(4-3-5-20-15(18)19)21-12(24)8(16)6-10(17)23/h7-9,11H,3-6,16H2,1-2H3,(H2,17,23)(H,21,24)(H,22,25)(H,26,27)(H4,18,19,20). The van der Waals surface area contributed by atoms with Crippen molar-refractivity contribution in [3.8, 4) is 0 Å². The summed E-state index contributed by atoms with van der Waals surface area (Å²) in [5, 5.41) is 14.0. The molecule has 3 unspecified atom stereocenters. The van der Waals surface area contributed by atoms with Crippen molar-refractivity contribution < 1.29 is 24.3 Å². The first-order valence-corrected chi connectivity index (χ1v) is 8.38. The van der Waals surface area contributed by atoms with E-state index in [9.17, 15) is 24.3 Å². The molecular formula is C15H29N7O5. The Hall–Kier alpha value is -2.89. The maximum absolute atomic E-state index is 12.5. The summed E-state index contributed by atoms with van der Waals surface area (Å²) >= 11 is 0. The summed E-state index contributed by atoms with van der Waals surface area (Å²) in [7, 11) is 0. The summed E-state index contributed by atoms with van der Waals surface area (Å²) < 4.78 is 0. The van der Waals surface area contributed by atoms with Crippen LogP contribution in [0.25, 0.3) is 0 Å². The van der Waals surface area contributed by atoms with Gasteiger partial charge in [-0.25, -0.2) is 4.79 Å². The van der Waals surface area contributed by atoms with E-state index in [1.807, 2.05) is 0 Å².